The minimum Gasteiger partial charge on any atom is -0.497 e. The van der Waals surface area contributed by atoms with Gasteiger partial charge in [-0.1, -0.05) is 18.2 Å². The zero-order chi connectivity index (χ0) is 18.0. The van der Waals surface area contributed by atoms with E-state index < -0.39 is 5.91 Å². The smallest absolute Gasteiger partial charge is 0.263 e. The molecule has 0 aliphatic carbocycles. The minimum absolute atomic E-state index is 0.217. The van der Waals surface area contributed by atoms with Gasteiger partial charge in [0, 0.05) is 13.5 Å². The van der Waals surface area contributed by atoms with Crippen LogP contribution in [0.3, 0.4) is 0 Å². The van der Waals surface area contributed by atoms with Gasteiger partial charge >= 0.3 is 0 Å². The summed E-state index contributed by atoms with van der Waals surface area (Å²) < 4.78 is 5.16. The number of imide groups is 1. The van der Waals surface area contributed by atoms with E-state index in [0.29, 0.717) is 17.7 Å². The predicted octanol–water partition coefficient (Wildman–Crippen LogP) is 2.49. The topological polar surface area (TPSA) is 75.7 Å². The van der Waals surface area contributed by atoms with Crippen molar-refractivity contribution < 1.29 is 19.1 Å². The monoisotopic (exact) mass is 338 g/mol. The van der Waals surface area contributed by atoms with Gasteiger partial charge in [-0.05, 0) is 36.2 Å². The quantitative estimate of drug-likeness (QED) is 0.850. The van der Waals surface area contributed by atoms with Gasteiger partial charge in [0.2, 0.25) is 5.91 Å². The Morgan fingerprint density at radius 2 is 1.88 bits per heavy atom. The van der Waals surface area contributed by atoms with Crippen LogP contribution in [0.5, 0.6) is 5.75 Å². The van der Waals surface area contributed by atoms with E-state index >= 15 is 0 Å². The Bertz CT molecular complexity index is 860. The molecule has 1 aliphatic heterocycles. The molecule has 0 bridgehead atoms. The molecule has 0 saturated carbocycles. The van der Waals surface area contributed by atoms with Crippen molar-refractivity contribution in [1.82, 2.24) is 4.90 Å². The maximum Gasteiger partial charge on any atom is 0.263 e. The Morgan fingerprint density at radius 1 is 1.12 bits per heavy atom. The molecular weight excluding hydrogens is 320 g/mol. The molecular formula is C19H18N2O4. The van der Waals surface area contributed by atoms with Crippen molar-refractivity contribution in [2.75, 3.05) is 19.5 Å². The molecule has 0 saturated heterocycles. The SMILES string of the molecule is COc1cccc(CCC(=O)Nc2cccc3c2C(=O)N(C)C3=O)c1. The summed E-state index contributed by atoms with van der Waals surface area (Å²) in [6.45, 7) is 0. The number of carbonyl (C=O) groups is 3. The fraction of sp³-hybridized carbons (Fsp3) is 0.211. The lowest BCUT2D eigenvalue weighted by Gasteiger charge is -2.09. The number of aryl methyl sites for hydroxylation is 1. The van der Waals surface area contributed by atoms with Gasteiger partial charge in [0.15, 0.2) is 0 Å². The number of nitrogens with zero attached hydrogens (tertiary/aromatic N) is 1. The summed E-state index contributed by atoms with van der Waals surface area (Å²) in [4.78, 5) is 37.5. The Morgan fingerprint density at radius 3 is 2.64 bits per heavy atom. The highest BCUT2D eigenvalue weighted by molar-refractivity contribution is 6.24. The van der Waals surface area contributed by atoms with Crippen LogP contribution in [-0.2, 0) is 11.2 Å². The van der Waals surface area contributed by atoms with Crippen molar-refractivity contribution in [3.8, 4) is 5.75 Å². The van der Waals surface area contributed by atoms with E-state index in [4.69, 9.17) is 4.74 Å². The van der Waals surface area contributed by atoms with Crippen LogP contribution in [0, 0.1) is 0 Å². The average Bonchev–Trinajstić information content (AvgIpc) is 2.85. The Labute approximate surface area is 145 Å². The molecule has 1 N–H and O–H groups in total. The van der Waals surface area contributed by atoms with Crippen molar-refractivity contribution >= 4 is 23.4 Å². The molecule has 0 spiro atoms. The Hall–Kier alpha value is -3.15. The lowest BCUT2D eigenvalue weighted by molar-refractivity contribution is -0.116. The molecule has 1 aliphatic rings. The second kappa shape index (κ2) is 6.76. The molecule has 6 heteroatoms. The van der Waals surface area contributed by atoms with Crippen molar-refractivity contribution in [3.05, 3.63) is 59.2 Å². The highest BCUT2D eigenvalue weighted by atomic mass is 16.5. The maximum absolute atomic E-state index is 12.3. The van der Waals surface area contributed by atoms with E-state index in [1.54, 1.807) is 25.3 Å². The van der Waals surface area contributed by atoms with E-state index in [1.165, 1.54) is 7.05 Å². The Balaban J connectivity index is 1.70. The number of anilines is 1. The molecule has 0 atom stereocenters. The zero-order valence-electron chi connectivity index (χ0n) is 14.0. The third-order valence-corrected chi connectivity index (χ3v) is 4.17. The number of nitrogens with one attached hydrogen (secondary N) is 1. The molecule has 2 aromatic carbocycles. The first-order valence-corrected chi connectivity index (χ1v) is 7.89. The second-order valence-electron chi connectivity index (χ2n) is 5.80. The van der Waals surface area contributed by atoms with Gasteiger partial charge in [0.25, 0.3) is 11.8 Å². The molecule has 0 aromatic heterocycles. The number of fused-ring (bicyclic) bond motifs is 1. The first-order chi connectivity index (χ1) is 12.0. The largest absolute Gasteiger partial charge is 0.497 e. The molecule has 0 radical (unpaired) electrons. The van der Waals surface area contributed by atoms with Crippen LogP contribution in [0.15, 0.2) is 42.5 Å². The molecule has 1 heterocycles. The Kier molecular flexibility index (Phi) is 4.52. The number of rotatable bonds is 5. The number of amides is 3. The number of carbonyl (C=O) groups excluding carboxylic acids is 3. The van der Waals surface area contributed by atoms with Gasteiger partial charge in [-0.2, -0.15) is 0 Å². The van der Waals surface area contributed by atoms with Gasteiger partial charge < -0.3 is 10.1 Å². The average molecular weight is 338 g/mol. The van der Waals surface area contributed by atoms with Crippen LogP contribution in [0.1, 0.15) is 32.7 Å². The molecule has 6 nitrogen and oxygen atoms in total. The predicted molar refractivity (Wildman–Crippen MR) is 92.8 cm³/mol. The van der Waals surface area contributed by atoms with Gasteiger partial charge in [-0.25, -0.2) is 0 Å². The van der Waals surface area contributed by atoms with E-state index in [-0.39, 0.29) is 23.8 Å². The first-order valence-electron chi connectivity index (χ1n) is 7.89. The zero-order valence-corrected chi connectivity index (χ0v) is 14.0. The highest BCUT2D eigenvalue weighted by Crippen LogP contribution is 2.28. The third-order valence-electron chi connectivity index (χ3n) is 4.17. The van der Waals surface area contributed by atoms with Crippen LogP contribution >= 0.6 is 0 Å². The number of ether oxygens (including phenoxy) is 1. The first kappa shape index (κ1) is 16.7. The van der Waals surface area contributed by atoms with Gasteiger partial charge in [0.1, 0.15) is 5.75 Å². The van der Waals surface area contributed by atoms with Crippen molar-refractivity contribution in [1.29, 1.82) is 0 Å². The van der Waals surface area contributed by atoms with E-state index in [2.05, 4.69) is 5.32 Å². The summed E-state index contributed by atoms with van der Waals surface area (Å²) in [5, 5.41) is 2.74. The summed E-state index contributed by atoms with van der Waals surface area (Å²) >= 11 is 0. The third kappa shape index (κ3) is 3.24. The minimum atomic E-state index is -0.399. The normalized spacial score (nSPS) is 13.0. The van der Waals surface area contributed by atoms with Crippen LogP contribution in [0.25, 0.3) is 0 Å². The summed E-state index contributed by atoms with van der Waals surface area (Å²) in [6, 6.07) is 12.4. The van der Waals surface area contributed by atoms with Crippen molar-refractivity contribution in [2.24, 2.45) is 0 Å². The fourth-order valence-corrected chi connectivity index (χ4v) is 2.80. The van der Waals surface area contributed by atoms with E-state index in [0.717, 1.165) is 16.2 Å². The molecule has 0 unspecified atom stereocenters. The standard InChI is InChI=1S/C19H18N2O4/c1-21-18(23)14-7-4-8-15(17(14)19(21)24)20-16(22)10-9-12-5-3-6-13(11-12)25-2/h3-8,11H,9-10H2,1-2H3,(H,20,22). The van der Waals surface area contributed by atoms with E-state index in [1.807, 2.05) is 24.3 Å². The molecule has 128 valence electrons. The van der Waals surface area contributed by atoms with Crippen LogP contribution in [0.2, 0.25) is 0 Å². The second-order valence-corrected chi connectivity index (χ2v) is 5.80. The molecule has 3 amide bonds. The summed E-state index contributed by atoms with van der Waals surface area (Å²) in [5.41, 5.74) is 1.93. The van der Waals surface area contributed by atoms with Crippen LogP contribution in [0.4, 0.5) is 5.69 Å². The van der Waals surface area contributed by atoms with Crippen LogP contribution in [-0.4, -0.2) is 36.8 Å². The van der Waals surface area contributed by atoms with Gasteiger partial charge in [-0.15, -0.1) is 0 Å². The number of benzene rings is 2. The van der Waals surface area contributed by atoms with Gasteiger partial charge in [-0.3, -0.25) is 19.3 Å². The lowest BCUT2D eigenvalue weighted by atomic mass is 10.1. The van der Waals surface area contributed by atoms with E-state index in [9.17, 15) is 14.4 Å². The van der Waals surface area contributed by atoms with Crippen molar-refractivity contribution in [3.63, 3.8) is 0 Å². The molecule has 2 aromatic rings. The molecule has 0 fully saturated rings. The number of hydrogen-bond donors (Lipinski definition) is 1. The number of methoxy groups -OCH3 is 1. The van der Waals surface area contributed by atoms with Crippen LogP contribution < -0.4 is 10.1 Å². The van der Waals surface area contributed by atoms with Gasteiger partial charge in [0.05, 0.1) is 23.9 Å². The lowest BCUT2D eigenvalue weighted by Crippen LogP contribution is -2.24. The summed E-state index contributed by atoms with van der Waals surface area (Å²) in [6.07, 6.45) is 0.805. The van der Waals surface area contributed by atoms with Crippen molar-refractivity contribution in [2.45, 2.75) is 12.8 Å². The molecule has 25 heavy (non-hydrogen) atoms. The number of hydrogen-bond acceptors (Lipinski definition) is 4. The maximum atomic E-state index is 12.3. The summed E-state index contributed by atoms with van der Waals surface area (Å²) in [7, 11) is 3.02. The summed E-state index contributed by atoms with van der Waals surface area (Å²) in [5.74, 6) is -0.229. The highest BCUT2D eigenvalue weighted by Gasteiger charge is 2.35. The molecule has 3 rings (SSSR count). The fourth-order valence-electron chi connectivity index (χ4n) is 2.80.